The van der Waals surface area contributed by atoms with Gasteiger partial charge in [-0.25, -0.2) is 4.98 Å². The lowest BCUT2D eigenvalue weighted by atomic mass is 9.83. The molecule has 1 aromatic heterocycles. The largest absolute Gasteiger partial charge is 0.485 e. The number of allylic oxidation sites excluding steroid dienone is 4. The molecular weight excluding hydrogens is 447 g/mol. The summed E-state index contributed by atoms with van der Waals surface area (Å²) in [6.07, 6.45) is 4.91. The van der Waals surface area contributed by atoms with Gasteiger partial charge in [-0.1, -0.05) is 47.5 Å². The number of nitrogens with zero attached hydrogens (tertiary/aromatic N) is 3. The minimum Gasteiger partial charge on any atom is -0.485 e. The van der Waals surface area contributed by atoms with E-state index in [2.05, 4.69) is 4.90 Å². The van der Waals surface area contributed by atoms with Crippen LogP contribution in [0.5, 0.6) is 5.75 Å². The normalized spacial score (nSPS) is 22.1. The van der Waals surface area contributed by atoms with Gasteiger partial charge in [-0.15, -0.1) is 0 Å². The summed E-state index contributed by atoms with van der Waals surface area (Å²) >= 11 is 12.7. The van der Waals surface area contributed by atoms with E-state index in [0.717, 1.165) is 30.6 Å². The number of anilines is 1. The summed E-state index contributed by atoms with van der Waals surface area (Å²) in [5, 5.41) is 0.997. The first-order valence-electron chi connectivity index (χ1n) is 11.0. The maximum absolute atomic E-state index is 13.3. The minimum atomic E-state index is -0.403. The van der Waals surface area contributed by atoms with Gasteiger partial charge in [-0.3, -0.25) is 9.36 Å². The molecule has 0 bridgehead atoms. The van der Waals surface area contributed by atoms with Crippen LogP contribution in [0.1, 0.15) is 48.7 Å². The lowest BCUT2D eigenvalue weighted by Gasteiger charge is -2.41. The van der Waals surface area contributed by atoms with Gasteiger partial charge < -0.3 is 15.4 Å². The highest BCUT2D eigenvalue weighted by atomic mass is 35.5. The van der Waals surface area contributed by atoms with Gasteiger partial charge in [0.25, 0.3) is 5.56 Å². The lowest BCUT2D eigenvalue weighted by molar-refractivity contribution is 0.0430. The number of nitrogens with two attached hydrogens (primary N) is 1. The molecule has 5 rings (SSSR count). The molecule has 1 saturated heterocycles. The molecular formula is C24H26Cl2N4O2. The molecule has 1 aromatic carbocycles. The van der Waals surface area contributed by atoms with E-state index in [4.69, 9.17) is 38.7 Å². The molecule has 32 heavy (non-hydrogen) atoms. The number of benzene rings is 1. The SMILES string of the molecule is Cc1c(N2CCC3(CC2)Oc2ccccc2[C@H]3N)nc(C)n(C2=CCCC(Cl)=C2Cl)c1=O. The van der Waals surface area contributed by atoms with Gasteiger partial charge in [0, 0.05) is 36.5 Å². The van der Waals surface area contributed by atoms with Crippen LogP contribution in [0.2, 0.25) is 0 Å². The molecule has 8 heteroatoms. The van der Waals surface area contributed by atoms with Crippen molar-refractivity contribution in [1.82, 2.24) is 9.55 Å². The zero-order valence-electron chi connectivity index (χ0n) is 18.2. The Morgan fingerprint density at radius 3 is 2.62 bits per heavy atom. The van der Waals surface area contributed by atoms with Gasteiger partial charge in [0.05, 0.1) is 22.3 Å². The molecule has 1 atom stereocenters. The third-order valence-electron chi connectivity index (χ3n) is 6.90. The van der Waals surface area contributed by atoms with Crippen molar-refractivity contribution in [1.29, 1.82) is 0 Å². The Morgan fingerprint density at radius 2 is 1.91 bits per heavy atom. The molecule has 168 valence electrons. The second kappa shape index (κ2) is 7.94. The van der Waals surface area contributed by atoms with Crippen LogP contribution in [0.25, 0.3) is 5.70 Å². The average molecular weight is 473 g/mol. The van der Waals surface area contributed by atoms with Gasteiger partial charge in [0.2, 0.25) is 0 Å². The van der Waals surface area contributed by atoms with Crippen LogP contribution < -0.4 is 20.9 Å². The molecule has 1 fully saturated rings. The van der Waals surface area contributed by atoms with E-state index in [0.29, 0.717) is 52.5 Å². The predicted molar refractivity (Wildman–Crippen MR) is 128 cm³/mol. The van der Waals surface area contributed by atoms with Crippen LogP contribution in [0, 0.1) is 13.8 Å². The summed E-state index contributed by atoms with van der Waals surface area (Å²) in [4.78, 5) is 20.3. The number of hydrogen-bond donors (Lipinski definition) is 1. The van der Waals surface area contributed by atoms with Crippen molar-refractivity contribution < 1.29 is 4.74 Å². The Labute approximate surface area is 197 Å². The third-order valence-corrected chi connectivity index (χ3v) is 7.80. The Bertz CT molecular complexity index is 1210. The smallest absolute Gasteiger partial charge is 0.263 e. The minimum absolute atomic E-state index is 0.121. The molecule has 0 radical (unpaired) electrons. The van der Waals surface area contributed by atoms with Crippen molar-refractivity contribution >= 4 is 34.7 Å². The first-order valence-corrected chi connectivity index (χ1v) is 11.7. The average Bonchev–Trinajstić information content (AvgIpc) is 3.06. The zero-order chi connectivity index (χ0) is 22.6. The highest BCUT2D eigenvalue weighted by molar-refractivity contribution is 6.43. The number of ether oxygens (including phenoxy) is 1. The molecule has 2 aliphatic heterocycles. The fraction of sp³-hybridized carbons (Fsp3) is 0.417. The molecule has 1 aliphatic carbocycles. The summed E-state index contributed by atoms with van der Waals surface area (Å²) < 4.78 is 7.92. The van der Waals surface area contributed by atoms with Crippen molar-refractivity contribution in [2.45, 2.75) is 51.2 Å². The molecule has 2 aromatic rings. The highest BCUT2D eigenvalue weighted by Gasteiger charge is 2.48. The molecule has 3 aliphatic rings. The topological polar surface area (TPSA) is 73.4 Å². The van der Waals surface area contributed by atoms with Crippen LogP contribution in [-0.4, -0.2) is 28.2 Å². The summed E-state index contributed by atoms with van der Waals surface area (Å²) in [6.45, 7) is 5.08. The van der Waals surface area contributed by atoms with E-state index in [1.54, 1.807) is 4.57 Å². The van der Waals surface area contributed by atoms with Crippen molar-refractivity contribution in [2.24, 2.45) is 5.73 Å². The van der Waals surface area contributed by atoms with Crippen LogP contribution in [-0.2, 0) is 0 Å². The molecule has 0 amide bonds. The lowest BCUT2D eigenvalue weighted by Crippen LogP contribution is -2.52. The Morgan fingerprint density at radius 1 is 1.19 bits per heavy atom. The van der Waals surface area contributed by atoms with Gasteiger partial charge >= 0.3 is 0 Å². The van der Waals surface area contributed by atoms with Gasteiger partial charge in [0.15, 0.2) is 0 Å². The maximum atomic E-state index is 13.3. The quantitative estimate of drug-likeness (QED) is 0.690. The predicted octanol–water partition coefficient (Wildman–Crippen LogP) is 4.62. The van der Waals surface area contributed by atoms with Gasteiger partial charge in [-0.05, 0) is 32.8 Å². The van der Waals surface area contributed by atoms with Crippen molar-refractivity contribution in [3.63, 3.8) is 0 Å². The fourth-order valence-corrected chi connectivity index (χ4v) is 5.52. The van der Waals surface area contributed by atoms with E-state index in [1.165, 1.54) is 0 Å². The van der Waals surface area contributed by atoms with Crippen LogP contribution >= 0.6 is 23.2 Å². The number of hydrogen-bond acceptors (Lipinski definition) is 5. The number of aromatic nitrogens is 2. The number of piperidine rings is 1. The second-order valence-corrected chi connectivity index (χ2v) is 9.60. The van der Waals surface area contributed by atoms with E-state index in [-0.39, 0.29) is 11.6 Å². The first kappa shape index (κ1) is 21.6. The number of para-hydroxylation sites is 1. The third kappa shape index (κ3) is 3.28. The number of halogens is 2. The Balaban J connectivity index is 1.42. The maximum Gasteiger partial charge on any atom is 0.263 e. The van der Waals surface area contributed by atoms with Crippen molar-refractivity contribution in [2.75, 3.05) is 18.0 Å². The summed E-state index contributed by atoms with van der Waals surface area (Å²) in [5.74, 6) is 2.18. The Hall–Kier alpha value is -2.28. The van der Waals surface area contributed by atoms with Gasteiger partial charge in [-0.2, -0.15) is 0 Å². The molecule has 0 saturated carbocycles. The standard InChI is InChI=1S/C24H26Cl2N4O2/c1-14-22(28-15(2)30(23(14)31)18-8-5-7-17(25)20(18)26)29-12-10-24(11-13-29)21(27)16-6-3-4-9-19(16)32-24/h3-4,6,8-9,21H,5,7,10-13,27H2,1-2H3/t21-/m1/s1. The van der Waals surface area contributed by atoms with E-state index >= 15 is 0 Å². The first-order chi connectivity index (χ1) is 15.3. The summed E-state index contributed by atoms with van der Waals surface area (Å²) in [6, 6.07) is 7.85. The number of rotatable bonds is 2. The summed E-state index contributed by atoms with van der Waals surface area (Å²) in [5.41, 5.74) is 8.36. The molecule has 2 N–H and O–H groups in total. The zero-order valence-corrected chi connectivity index (χ0v) is 19.7. The van der Waals surface area contributed by atoms with E-state index in [9.17, 15) is 4.79 Å². The van der Waals surface area contributed by atoms with Crippen LogP contribution in [0.3, 0.4) is 0 Å². The molecule has 1 spiro atoms. The van der Waals surface area contributed by atoms with E-state index in [1.807, 2.05) is 44.2 Å². The van der Waals surface area contributed by atoms with Crippen LogP contribution in [0.15, 0.2) is 45.2 Å². The molecule has 6 nitrogen and oxygen atoms in total. The summed E-state index contributed by atoms with van der Waals surface area (Å²) in [7, 11) is 0. The number of fused-ring (bicyclic) bond motifs is 1. The van der Waals surface area contributed by atoms with Crippen LogP contribution in [0.4, 0.5) is 5.82 Å². The fourth-order valence-electron chi connectivity index (χ4n) is 5.06. The highest BCUT2D eigenvalue weighted by Crippen LogP contribution is 2.47. The van der Waals surface area contributed by atoms with Crippen molar-refractivity contribution in [3.8, 4) is 5.75 Å². The van der Waals surface area contributed by atoms with Crippen molar-refractivity contribution in [3.05, 3.63) is 67.7 Å². The molecule has 3 heterocycles. The van der Waals surface area contributed by atoms with E-state index < -0.39 is 5.60 Å². The number of aryl methyl sites for hydroxylation is 1. The second-order valence-electron chi connectivity index (χ2n) is 8.76. The van der Waals surface area contributed by atoms with Gasteiger partial charge in [0.1, 0.15) is 23.0 Å². The molecule has 0 unspecified atom stereocenters. The Kier molecular flexibility index (Phi) is 5.35. The monoisotopic (exact) mass is 472 g/mol.